The second-order valence-electron chi connectivity index (χ2n) is 7.47. The Morgan fingerprint density at radius 2 is 1.88 bits per heavy atom. The van der Waals surface area contributed by atoms with Crippen LogP contribution in [0, 0.1) is 5.92 Å². The molecule has 32 heavy (non-hydrogen) atoms. The van der Waals surface area contributed by atoms with Gasteiger partial charge in [-0.3, -0.25) is 0 Å². The third-order valence-electron chi connectivity index (χ3n) is 4.93. The number of methoxy groups -OCH3 is 1. The van der Waals surface area contributed by atoms with Gasteiger partial charge in [0, 0.05) is 18.7 Å². The predicted octanol–water partition coefficient (Wildman–Crippen LogP) is 3.73. The summed E-state index contributed by atoms with van der Waals surface area (Å²) >= 11 is 0. The molecule has 3 rings (SSSR count). The van der Waals surface area contributed by atoms with Crippen LogP contribution in [0.3, 0.4) is 0 Å². The minimum Gasteiger partial charge on any atom is -0.493 e. The summed E-state index contributed by atoms with van der Waals surface area (Å²) in [7, 11) is 1.60. The van der Waals surface area contributed by atoms with E-state index in [9.17, 15) is 0 Å². The van der Waals surface area contributed by atoms with E-state index >= 15 is 0 Å². The zero-order valence-electron chi connectivity index (χ0n) is 18.8. The van der Waals surface area contributed by atoms with Gasteiger partial charge in [-0.2, -0.15) is 0 Å². The molecule has 2 aromatic carbocycles. The van der Waals surface area contributed by atoms with E-state index in [0.717, 1.165) is 41.9 Å². The number of aliphatic hydroxyl groups excluding tert-OH is 1. The normalized spacial score (nSPS) is 13.2. The lowest BCUT2D eigenvalue weighted by atomic mass is 10.2. The number of ether oxygens (including phenoxy) is 3. The molecule has 0 aliphatic heterocycles. The number of hydrogen-bond acceptors (Lipinski definition) is 5. The number of aliphatic hydroxyl groups is 1. The molecule has 0 bridgehead atoms. The van der Waals surface area contributed by atoms with Crippen molar-refractivity contribution in [2.45, 2.75) is 32.9 Å². The molecule has 2 aromatic rings. The number of hydrogen-bond donors (Lipinski definition) is 3. The summed E-state index contributed by atoms with van der Waals surface area (Å²) in [5.74, 6) is 3.62. The quantitative estimate of drug-likeness (QED) is 0.210. The molecule has 1 aliphatic rings. The smallest absolute Gasteiger partial charge is 0.191 e. The molecule has 0 amide bonds. The van der Waals surface area contributed by atoms with Gasteiger partial charge in [-0.15, -0.1) is 24.0 Å². The van der Waals surface area contributed by atoms with Gasteiger partial charge in [-0.05, 0) is 49.4 Å². The number of benzene rings is 2. The fourth-order valence-corrected chi connectivity index (χ4v) is 3.06. The van der Waals surface area contributed by atoms with Crippen LogP contribution < -0.4 is 24.8 Å². The topological polar surface area (TPSA) is 84.3 Å². The van der Waals surface area contributed by atoms with Crippen LogP contribution >= 0.6 is 24.0 Å². The van der Waals surface area contributed by atoms with Crippen LogP contribution in [0.1, 0.15) is 30.9 Å². The molecular weight excluding hydrogens is 521 g/mol. The highest BCUT2D eigenvalue weighted by atomic mass is 127. The van der Waals surface area contributed by atoms with Gasteiger partial charge in [0.05, 0.1) is 26.9 Å². The van der Waals surface area contributed by atoms with Crippen molar-refractivity contribution in [3.05, 3.63) is 53.6 Å². The summed E-state index contributed by atoms with van der Waals surface area (Å²) in [5, 5.41) is 15.6. The molecular formula is C24H34IN3O4. The van der Waals surface area contributed by atoms with Gasteiger partial charge in [0.1, 0.15) is 12.4 Å². The molecule has 0 radical (unpaired) electrons. The molecule has 1 aliphatic carbocycles. The van der Waals surface area contributed by atoms with Gasteiger partial charge in [0.2, 0.25) is 0 Å². The molecule has 0 heterocycles. The van der Waals surface area contributed by atoms with Gasteiger partial charge in [-0.25, -0.2) is 4.99 Å². The van der Waals surface area contributed by atoms with Crippen molar-refractivity contribution in [3.63, 3.8) is 0 Å². The van der Waals surface area contributed by atoms with Crippen molar-refractivity contribution < 1.29 is 19.3 Å². The first kappa shape index (κ1) is 26.1. The van der Waals surface area contributed by atoms with Crippen molar-refractivity contribution in [2.75, 3.05) is 33.5 Å². The average Bonchev–Trinajstić information content (AvgIpc) is 3.63. The van der Waals surface area contributed by atoms with Crippen LogP contribution in [0.15, 0.2) is 47.5 Å². The Kier molecular flexibility index (Phi) is 11.4. The molecule has 0 atom stereocenters. The Labute approximate surface area is 207 Å². The van der Waals surface area contributed by atoms with Crippen molar-refractivity contribution in [3.8, 4) is 17.2 Å². The second-order valence-corrected chi connectivity index (χ2v) is 7.47. The van der Waals surface area contributed by atoms with Crippen LogP contribution in [0.4, 0.5) is 0 Å². The maximum atomic E-state index is 8.94. The van der Waals surface area contributed by atoms with Gasteiger partial charge in [0.15, 0.2) is 17.5 Å². The number of rotatable bonds is 12. The van der Waals surface area contributed by atoms with E-state index in [0.29, 0.717) is 24.6 Å². The summed E-state index contributed by atoms with van der Waals surface area (Å²) in [5.41, 5.74) is 2.11. The Morgan fingerprint density at radius 3 is 2.59 bits per heavy atom. The van der Waals surface area contributed by atoms with E-state index in [1.165, 1.54) is 12.8 Å². The fourth-order valence-electron chi connectivity index (χ4n) is 3.06. The van der Waals surface area contributed by atoms with E-state index in [-0.39, 0.29) is 37.2 Å². The molecule has 1 fully saturated rings. The first-order chi connectivity index (χ1) is 15.2. The van der Waals surface area contributed by atoms with Gasteiger partial charge >= 0.3 is 0 Å². The largest absolute Gasteiger partial charge is 0.493 e. The zero-order chi connectivity index (χ0) is 21.9. The summed E-state index contributed by atoms with van der Waals surface area (Å²) in [6.07, 6.45) is 2.55. The summed E-state index contributed by atoms with van der Waals surface area (Å²) < 4.78 is 16.9. The van der Waals surface area contributed by atoms with Crippen molar-refractivity contribution in [2.24, 2.45) is 10.9 Å². The number of nitrogens with zero attached hydrogens (tertiary/aromatic N) is 1. The molecule has 0 aromatic heterocycles. The van der Waals surface area contributed by atoms with Crippen LogP contribution in [-0.4, -0.2) is 44.5 Å². The first-order valence-electron chi connectivity index (χ1n) is 10.9. The van der Waals surface area contributed by atoms with Crippen LogP contribution in [0.5, 0.6) is 17.2 Å². The average molecular weight is 555 g/mol. The minimum atomic E-state index is -0.0400. The number of nitrogens with one attached hydrogen (secondary N) is 2. The minimum absolute atomic E-state index is 0. The van der Waals surface area contributed by atoms with Gasteiger partial charge in [0.25, 0.3) is 0 Å². The molecule has 0 unspecified atom stereocenters. The monoisotopic (exact) mass is 555 g/mol. The lowest BCUT2D eigenvalue weighted by Gasteiger charge is -2.15. The maximum Gasteiger partial charge on any atom is 0.191 e. The van der Waals surface area contributed by atoms with Crippen LogP contribution in [0.2, 0.25) is 0 Å². The fraction of sp³-hybridized carbons (Fsp3) is 0.458. The Bertz CT molecular complexity index is 859. The maximum absolute atomic E-state index is 8.94. The molecule has 3 N–H and O–H groups in total. The molecule has 1 saturated carbocycles. The van der Waals surface area contributed by atoms with E-state index in [1.54, 1.807) is 7.11 Å². The number of aliphatic imine (C=N–C) groups is 1. The number of para-hydroxylation sites is 1. The van der Waals surface area contributed by atoms with Gasteiger partial charge in [-0.1, -0.05) is 24.3 Å². The van der Waals surface area contributed by atoms with E-state index in [2.05, 4.69) is 16.7 Å². The standard InChI is InChI=1S/C24H33N3O4.HI/c1-3-25-24(26-15-19-10-11-22(30-13-12-28)23(14-19)29-2)27-16-20-6-4-5-7-21(20)31-17-18-8-9-18;/h4-7,10-11,14,18,28H,3,8-9,12-13,15-17H2,1-2H3,(H2,25,26,27);1H. The Balaban J connectivity index is 0.00000363. The highest BCUT2D eigenvalue weighted by molar-refractivity contribution is 14.0. The van der Waals surface area contributed by atoms with E-state index in [4.69, 9.17) is 24.3 Å². The van der Waals surface area contributed by atoms with E-state index in [1.807, 2.05) is 43.3 Å². The number of guanidine groups is 1. The molecule has 8 heteroatoms. The summed E-state index contributed by atoms with van der Waals surface area (Å²) in [6, 6.07) is 13.8. The third kappa shape index (κ3) is 8.38. The van der Waals surface area contributed by atoms with Crippen molar-refractivity contribution in [1.29, 1.82) is 0 Å². The third-order valence-corrected chi connectivity index (χ3v) is 4.93. The first-order valence-corrected chi connectivity index (χ1v) is 10.9. The molecule has 7 nitrogen and oxygen atoms in total. The van der Waals surface area contributed by atoms with Crippen molar-refractivity contribution in [1.82, 2.24) is 10.6 Å². The SMILES string of the molecule is CCNC(=NCc1ccc(OCCO)c(OC)c1)NCc1ccccc1OCC1CC1.I. The lowest BCUT2D eigenvalue weighted by molar-refractivity contribution is 0.196. The van der Waals surface area contributed by atoms with Crippen molar-refractivity contribution >= 4 is 29.9 Å². The Hall–Kier alpha value is -2.20. The Morgan fingerprint density at radius 1 is 1.06 bits per heavy atom. The molecule has 0 saturated heterocycles. The predicted molar refractivity (Wildman–Crippen MR) is 137 cm³/mol. The van der Waals surface area contributed by atoms with Crippen LogP contribution in [0.25, 0.3) is 0 Å². The highest BCUT2D eigenvalue weighted by Gasteiger charge is 2.22. The zero-order valence-corrected chi connectivity index (χ0v) is 21.1. The summed E-state index contributed by atoms with van der Waals surface area (Å²) in [6.45, 7) is 4.92. The van der Waals surface area contributed by atoms with E-state index < -0.39 is 0 Å². The van der Waals surface area contributed by atoms with Gasteiger partial charge < -0.3 is 30.0 Å². The summed E-state index contributed by atoms with van der Waals surface area (Å²) in [4.78, 5) is 4.70. The second kappa shape index (κ2) is 14.1. The number of halogens is 1. The van der Waals surface area contributed by atoms with Crippen LogP contribution in [-0.2, 0) is 13.1 Å². The molecule has 176 valence electrons. The highest BCUT2D eigenvalue weighted by Crippen LogP contribution is 2.30. The lowest BCUT2D eigenvalue weighted by Crippen LogP contribution is -2.36. The molecule has 0 spiro atoms.